The van der Waals surface area contributed by atoms with E-state index in [4.69, 9.17) is 21.6 Å². The van der Waals surface area contributed by atoms with E-state index in [2.05, 4.69) is 6.58 Å². The lowest BCUT2D eigenvalue weighted by Gasteiger charge is -2.06. The molecule has 0 aliphatic heterocycles. The van der Waals surface area contributed by atoms with Gasteiger partial charge in [0.1, 0.15) is 0 Å². The first-order chi connectivity index (χ1) is 6.18. The van der Waals surface area contributed by atoms with Crippen molar-refractivity contribution in [2.75, 3.05) is 0 Å². The Bertz CT molecular complexity index is 131. The van der Waals surface area contributed by atoms with Gasteiger partial charge in [-0.1, -0.05) is 25.3 Å². The van der Waals surface area contributed by atoms with E-state index in [9.17, 15) is 0 Å². The van der Waals surface area contributed by atoms with Crippen molar-refractivity contribution in [3.05, 3.63) is 12.7 Å². The van der Waals surface area contributed by atoms with Gasteiger partial charge in [0, 0.05) is 0 Å². The molecule has 0 aliphatic carbocycles. The van der Waals surface area contributed by atoms with E-state index in [0.717, 1.165) is 32.1 Å². The number of hydrogen-bond donors (Lipinski definition) is 2. The smallest absolute Gasteiger partial charge is 0.426 e. The van der Waals surface area contributed by atoms with Crippen molar-refractivity contribution >= 4 is 18.7 Å². The summed E-state index contributed by atoms with van der Waals surface area (Å²) in [5, 5.41) is 16.8. The van der Waals surface area contributed by atoms with Crippen LogP contribution >= 0.6 is 11.6 Å². The number of halogens is 1. The molecule has 4 heteroatoms. The second-order valence-electron chi connectivity index (χ2n) is 3.21. The zero-order valence-electron chi connectivity index (χ0n) is 7.95. The minimum Gasteiger partial charge on any atom is -0.426 e. The SMILES string of the molecule is C=CCCCCCC[C@H](Cl)B(O)O. The Balaban J connectivity index is 3.11. The van der Waals surface area contributed by atoms with Gasteiger partial charge in [0.25, 0.3) is 0 Å². The predicted octanol–water partition coefficient (Wildman–Crippen LogP) is 2.13. The first-order valence-electron chi connectivity index (χ1n) is 4.79. The number of rotatable bonds is 8. The maximum Gasteiger partial charge on any atom is 0.470 e. The van der Waals surface area contributed by atoms with Crippen molar-refractivity contribution < 1.29 is 10.0 Å². The highest BCUT2D eigenvalue weighted by Crippen LogP contribution is 2.11. The first-order valence-corrected chi connectivity index (χ1v) is 5.23. The largest absolute Gasteiger partial charge is 0.470 e. The fraction of sp³-hybridized carbons (Fsp3) is 0.778. The van der Waals surface area contributed by atoms with Crippen molar-refractivity contribution in [2.24, 2.45) is 0 Å². The van der Waals surface area contributed by atoms with Crippen LogP contribution in [-0.4, -0.2) is 22.4 Å². The maximum absolute atomic E-state index is 8.67. The molecular formula is C9H18BClO2. The lowest BCUT2D eigenvalue weighted by Crippen LogP contribution is -2.25. The van der Waals surface area contributed by atoms with Crippen LogP contribution in [0.3, 0.4) is 0 Å². The molecular weight excluding hydrogens is 186 g/mol. The molecule has 0 aromatic rings. The molecule has 0 bridgehead atoms. The quantitative estimate of drug-likeness (QED) is 0.275. The van der Waals surface area contributed by atoms with Crippen LogP contribution in [0.1, 0.15) is 38.5 Å². The summed E-state index contributed by atoms with van der Waals surface area (Å²) >= 11 is 5.64. The molecule has 0 unspecified atom stereocenters. The van der Waals surface area contributed by atoms with E-state index in [1.807, 2.05) is 6.08 Å². The molecule has 2 nitrogen and oxygen atoms in total. The standard InChI is InChI=1S/C9H18BClO2/c1-2-3-4-5-6-7-8-9(11)10(12)13/h2,9,12-13H,1,3-8H2/t9-/m0/s1. The molecule has 76 valence electrons. The Morgan fingerprint density at radius 3 is 2.38 bits per heavy atom. The van der Waals surface area contributed by atoms with Crippen molar-refractivity contribution in [3.8, 4) is 0 Å². The molecule has 0 rings (SSSR count). The minimum absolute atomic E-state index is 0.514. The Kier molecular flexibility index (Phi) is 8.62. The van der Waals surface area contributed by atoms with Gasteiger partial charge in [0.2, 0.25) is 0 Å². The number of allylic oxidation sites excluding steroid dienone is 1. The van der Waals surface area contributed by atoms with E-state index in [0.29, 0.717) is 6.42 Å². The maximum atomic E-state index is 8.67. The summed E-state index contributed by atoms with van der Waals surface area (Å²) in [5.41, 5.74) is 0. The number of alkyl halides is 1. The topological polar surface area (TPSA) is 40.5 Å². The lowest BCUT2D eigenvalue weighted by molar-refractivity contribution is 0.396. The molecule has 0 fully saturated rings. The fourth-order valence-corrected chi connectivity index (χ4v) is 1.28. The summed E-state index contributed by atoms with van der Waals surface area (Å²) in [6.07, 6.45) is 8.05. The molecule has 0 radical (unpaired) electrons. The van der Waals surface area contributed by atoms with Gasteiger partial charge in [-0.3, -0.25) is 0 Å². The summed E-state index contributed by atoms with van der Waals surface area (Å²) in [4.78, 5) is 0. The molecule has 2 N–H and O–H groups in total. The van der Waals surface area contributed by atoms with Gasteiger partial charge in [0.15, 0.2) is 0 Å². The predicted molar refractivity (Wildman–Crippen MR) is 57.7 cm³/mol. The fourth-order valence-electron chi connectivity index (χ4n) is 1.13. The van der Waals surface area contributed by atoms with E-state index >= 15 is 0 Å². The van der Waals surface area contributed by atoms with Crippen molar-refractivity contribution in [1.82, 2.24) is 0 Å². The van der Waals surface area contributed by atoms with Gasteiger partial charge in [-0.05, 0) is 19.3 Å². The molecule has 0 spiro atoms. The Morgan fingerprint density at radius 2 is 1.85 bits per heavy atom. The molecule has 0 aromatic heterocycles. The second kappa shape index (κ2) is 8.61. The second-order valence-corrected chi connectivity index (χ2v) is 3.77. The summed E-state index contributed by atoms with van der Waals surface area (Å²) in [7, 11) is -1.38. The third-order valence-corrected chi connectivity index (χ3v) is 2.41. The van der Waals surface area contributed by atoms with Crippen LogP contribution in [-0.2, 0) is 0 Å². The van der Waals surface area contributed by atoms with Crippen molar-refractivity contribution in [2.45, 2.75) is 43.8 Å². The van der Waals surface area contributed by atoms with Crippen LogP contribution in [0.4, 0.5) is 0 Å². The molecule has 13 heavy (non-hydrogen) atoms. The zero-order chi connectivity index (χ0) is 10.1. The van der Waals surface area contributed by atoms with Gasteiger partial charge in [-0.2, -0.15) is 0 Å². The first kappa shape index (κ1) is 13.0. The van der Waals surface area contributed by atoms with Gasteiger partial charge >= 0.3 is 7.12 Å². The molecule has 0 heterocycles. The Labute approximate surface area is 85.8 Å². The molecule has 0 aromatic carbocycles. The molecule has 0 amide bonds. The normalized spacial score (nSPS) is 12.5. The van der Waals surface area contributed by atoms with Gasteiger partial charge in [-0.15, -0.1) is 18.2 Å². The van der Waals surface area contributed by atoms with E-state index in [1.54, 1.807) is 0 Å². The highest BCUT2D eigenvalue weighted by atomic mass is 35.5. The van der Waals surface area contributed by atoms with Crippen LogP contribution in [0.2, 0.25) is 0 Å². The van der Waals surface area contributed by atoms with Crippen LogP contribution in [0.15, 0.2) is 12.7 Å². The number of unbranched alkanes of at least 4 members (excludes halogenated alkanes) is 4. The highest BCUT2D eigenvalue weighted by Gasteiger charge is 2.19. The van der Waals surface area contributed by atoms with Gasteiger partial charge in [-0.25, -0.2) is 0 Å². The van der Waals surface area contributed by atoms with E-state index in [-0.39, 0.29) is 0 Å². The molecule has 0 aliphatic rings. The minimum atomic E-state index is -1.38. The van der Waals surface area contributed by atoms with Crippen molar-refractivity contribution in [3.63, 3.8) is 0 Å². The van der Waals surface area contributed by atoms with Crippen LogP contribution in [0.5, 0.6) is 0 Å². The zero-order valence-corrected chi connectivity index (χ0v) is 8.71. The van der Waals surface area contributed by atoms with Gasteiger partial charge < -0.3 is 10.0 Å². The third-order valence-electron chi connectivity index (χ3n) is 1.96. The van der Waals surface area contributed by atoms with E-state index < -0.39 is 12.4 Å². The molecule has 1 atom stereocenters. The summed E-state index contributed by atoms with van der Waals surface area (Å²) in [6.45, 7) is 3.64. The summed E-state index contributed by atoms with van der Waals surface area (Å²) in [5.74, 6) is 0. The third kappa shape index (κ3) is 8.35. The molecule has 0 saturated carbocycles. The monoisotopic (exact) mass is 204 g/mol. The Morgan fingerprint density at radius 1 is 1.23 bits per heavy atom. The van der Waals surface area contributed by atoms with Crippen LogP contribution in [0.25, 0.3) is 0 Å². The summed E-state index contributed by atoms with van der Waals surface area (Å²) in [6, 6.07) is 0. The number of hydrogen-bond acceptors (Lipinski definition) is 2. The van der Waals surface area contributed by atoms with Gasteiger partial charge in [0.05, 0.1) is 5.28 Å². The summed E-state index contributed by atoms with van der Waals surface area (Å²) < 4.78 is 0. The van der Waals surface area contributed by atoms with Crippen molar-refractivity contribution in [1.29, 1.82) is 0 Å². The highest BCUT2D eigenvalue weighted by molar-refractivity contribution is 6.57. The average Bonchev–Trinajstić information content (AvgIpc) is 2.10. The Hall–Kier alpha value is 0.0149. The van der Waals surface area contributed by atoms with Crippen LogP contribution in [0, 0.1) is 0 Å². The van der Waals surface area contributed by atoms with Crippen LogP contribution < -0.4 is 0 Å². The average molecular weight is 205 g/mol. The lowest BCUT2D eigenvalue weighted by atomic mass is 9.82. The van der Waals surface area contributed by atoms with E-state index in [1.165, 1.54) is 0 Å². The molecule has 0 saturated heterocycles.